The maximum Gasteiger partial charge on any atom is 0.119 e. The normalized spacial score (nSPS) is 12.4. The molecule has 0 aliphatic rings. The SMILES string of the molecule is COc1cccc(C(CN)Cc2ccco2)c1. The Kier molecular flexibility index (Phi) is 3.83. The quantitative estimate of drug-likeness (QED) is 0.860. The van der Waals surface area contributed by atoms with Crippen LogP contribution in [-0.4, -0.2) is 13.7 Å². The molecule has 0 saturated heterocycles. The number of hydrogen-bond donors (Lipinski definition) is 1. The number of methoxy groups -OCH3 is 1. The molecule has 1 atom stereocenters. The van der Waals surface area contributed by atoms with Crippen molar-refractivity contribution in [1.29, 1.82) is 0 Å². The summed E-state index contributed by atoms with van der Waals surface area (Å²) in [6, 6.07) is 11.9. The second-order valence-corrected chi connectivity index (χ2v) is 3.99. The second kappa shape index (κ2) is 5.55. The molecule has 0 bridgehead atoms. The fourth-order valence-electron chi connectivity index (χ4n) is 1.90. The zero-order chi connectivity index (χ0) is 12.1. The van der Waals surface area contributed by atoms with E-state index < -0.39 is 0 Å². The van der Waals surface area contributed by atoms with Crippen molar-refractivity contribution in [1.82, 2.24) is 0 Å². The molecule has 1 heterocycles. The fourth-order valence-corrected chi connectivity index (χ4v) is 1.90. The van der Waals surface area contributed by atoms with Crippen LogP contribution in [0.2, 0.25) is 0 Å². The maximum atomic E-state index is 5.83. The first-order valence-corrected chi connectivity index (χ1v) is 5.70. The van der Waals surface area contributed by atoms with Gasteiger partial charge in [-0.05, 0) is 36.4 Å². The van der Waals surface area contributed by atoms with Gasteiger partial charge in [-0.25, -0.2) is 0 Å². The van der Waals surface area contributed by atoms with Gasteiger partial charge in [-0.3, -0.25) is 0 Å². The topological polar surface area (TPSA) is 48.4 Å². The third-order valence-electron chi connectivity index (χ3n) is 2.88. The molecule has 2 aromatic rings. The van der Waals surface area contributed by atoms with Gasteiger partial charge in [-0.1, -0.05) is 12.1 Å². The Morgan fingerprint density at radius 3 is 2.82 bits per heavy atom. The van der Waals surface area contributed by atoms with E-state index in [0.717, 1.165) is 17.9 Å². The van der Waals surface area contributed by atoms with Crippen molar-refractivity contribution in [2.75, 3.05) is 13.7 Å². The highest BCUT2D eigenvalue weighted by molar-refractivity contribution is 5.31. The zero-order valence-electron chi connectivity index (χ0n) is 9.93. The number of ether oxygens (including phenoxy) is 1. The number of nitrogens with two attached hydrogens (primary N) is 1. The number of rotatable bonds is 5. The summed E-state index contributed by atoms with van der Waals surface area (Å²) in [7, 11) is 1.67. The zero-order valence-corrected chi connectivity index (χ0v) is 9.93. The van der Waals surface area contributed by atoms with E-state index in [9.17, 15) is 0 Å². The van der Waals surface area contributed by atoms with Crippen molar-refractivity contribution >= 4 is 0 Å². The van der Waals surface area contributed by atoms with E-state index in [1.54, 1.807) is 13.4 Å². The largest absolute Gasteiger partial charge is 0.497 e. The molecule has 1 unspecified atom stereocenters. The molecule has 3 nitrogen and oxygen atoms in total. The Labute approximate surface area is 101 Å². The molecule has 0 radical (unpaired) electrons. The van der Waals surface area contributed by atoms with E-state index in [1.165, 1.54) is 5.56 Å². The molecular weight excluding hydrogens is 214 g/mol. The van der Waals surface area contributed by atoms with Gasteiger partial charge in [-0.15, -0.1) is 0 Å². The molecule has 90 valence electrons. The van der Waals surface area contributed by atoms with E-state index in [0.29, 0.717) is 6.54 Å². The van der Waals surface area contributed by atoms with Crippen molar-refractivity contribution in [2.24, 2.45) is 5.73 Å². The fraction of sp³-hybridized carbons (Fsp3) is 0.286. The summed E-state index contributed by atoms with van der Waals surface area (Å²) < 4.78 is 10.6. The summed E-state index contributed by atoms with van der Waals surface area (Å²) in [5.74, 6) is 2.08. The first-order valence-electron chi connectivity index (χ1n) is 5.70. The Bertz CT molecular complexity index is 451. The average Bonchev–Trinajstić information content (AvgIpc) is 2.89. The maximum absolute atomic E-state index is 5.83. The van der Waals surface area contributed by atoms with Gasteiger partial charge in [0.1, 0.15) is 11.5 Å². The predicted octanol–water partition coefficient (Wildman–Crippen LogP) is 2.57. The van der Waals surface area contributed by atoms with Crippen LogP contribution in [0.15, 0.2) is 47.1 Å². The Balaban J connectivity index is 2.16. The van der Waals surface area contributed by atoms with Crippen LogP contribution < -0.4 is 10.5 Å². The van der Waals surface area contributed by atoms with Crippen molar-refractivity contribution < 1.29 is 9.15 Å². The molecule has 0 aliphatic carbocycles. The standard InChI is InChI=1S/C14H17NO2/c1-16-13-5-2-4-11(8-13)12(10-15)9-14-6-3-7-17-14/h2-8,12H,9-10,15H2,1H3. The lowest BCUT2D eigenvalue weighted by molar-refractivity contribution is 0.413. The van der Waals surface area contributed by atoms with Gasteiger partial charge in [0, 0.05) is 12.3 Å². The van der Waals surface area contributed by atoms with Gasteiger partial charge in [0.2, 0.25) is 0 Å². The summed E-state index contributed by atoms with van der Waals surface area (Å²) in [5.41, 5.74) is 7.01. The molecule has 1 aromatic carbocycles. The van der Waals surface area contributed by atoms with Crippen LogP contribution in [0.4, 0.5) is 0 Å². The van der Waals surface area contributed by atoms with Crippen LogP contribution in [0.1, 0.15) is 17.2 Å². The number of furan rings is 1. The Morgan fingerprint density at radius 1 is 1.29 bits per heavy atom. The lowest BCUT2D eigenvalue weighted by Crippen LogP contribution is -2.14. The van der Waals surface area contributed by atoms with E-state index in [2.05, 4.69) is 6.07 Å². The van der Waals surface area contributed by atoms with Crippen LogP contribution in [-0.2, 0) is 6.42 Å². The first kappa shape index (κ1) is 11.7. The smallest absolute Gasteiger partial charge is 0.119 e. The third-order valence-corrected chi connectivity index (χ3v) is 2.88. The van der Waals surface area contributed by atoms with Crippen molar-refractivity contribution in [3.8, 4) is 5.75 Å². The minimum Gasteiger partial charge on any atom is -0.497 e. The monoisotopic (exact) mass is 231 g/mol. The van der Waals surface area contributed by atoms with E-state index in [4.69, 9.17) is 14.9 Å². The van der Waals surface area contributed by atoms with Crippen molar-refractivity contribution in [3.63, 3.8) is 0 Å². The van der Waals surface area contributed by atoms with Crippen LogP contribution in [0.25, 0.3) is 0 Å². The average molecular weight is 231 g/mol. The molecule has 0 spiro atoms. The van der Waals surface area contributed by atoms with Gasteiger partial charge in [0.15, 0.2) is 0 Å². The lowest BCUT2D eigenvalue weighted by Gasteiger charge is -2.14. The minimum absolute atomic E-state index is 0.260. The van der Waals surface area contributed by atoms with Crippen LogP contribution in [0.5, 0.6) is 5.75 Å². The summed E-state index contributed by atoms with van der Waals surface area (Å²) in [4.78, 5) is 0. The molecular formula is C14H17NO2. The number of benzene rings is 1. The lowest BCUT2D eigenvalue weighted by atomic mass is 9.94. The molecule has 3 heteroatoms. The summed E-state index contributed by atoms with van der Waals surface area (Å²) in [6.45, 7) is 0.591. The highest BCUT2D eigenvalue weighted by Gasteiger charge is 2.12. The highest BCUT2D eigenvalue weighted by Crippen LogP contribution is 2.23. The first-order chi connectivity index (χ1) is 8.33. The molecule has 2 N–H and O–H groups in total. The molecule has 0 aliphatic heterocycles. The molecule has 0 fully saturated rings. The van der Waals surface area contributed by atoms with Crippen LogP contribution in [0, 0.1) is 0 Å². The molecule has 17 heavy (non-hydrogen) atoms. The Hall–Kier alpha value is -1.74. The second-order valence-electron chi connectivity index (χ2n) is 3.99. The van der Waals surface area contributed by atoms with Crippen LogP contribution in [0.3, 0.4) is 0 Å². The Morgan fingerprint density at radius 2 is 2.18 bits per heavy atom. The molecule has 0 saturated carbocycles. The summed E-state index contributed by atoms with van der Waals surface area (Å²) >= 11 is 0. The molecule has 2 rings (SSSR count). The van der Waals surface area contributed by atoms with Crippen LogP contribution >= 0.6 is 0 Å². The van der Waals surface area contributed by atoms with Crippen molar-refractivity contribution in [3.05, 3.63) is 54.0 Å². The van der Waals surface area contributed by atoms with E-state index in [-0.39, 0.29) is 5.92 Å². The van der Waals surface area contributed by atoms with Gasteiger partial charge < -0.3 is 14.9 Å². The minimum atomic E-state index is 0.260. The summed E-state index contributed by atoms with van der Waals surface area (Å²) in [6.07, 6.45) is 2.51. The van der Waals surface area contributed by atoms with Gasteiger partial charge in [0.25, 0.3) is 0 Å². The van der Waals surface area contributed by atoms with Crippen molar-refractivity contribution in [2.45, 2.75) is 12.3 Å². The molecule has 1 aromatic heterocycles. The van der Waals surface area contributed by atoms with Gasteiger partial charge in [0.05, 0.1) is 13.4 Å². The number of hydrogen-bond acceptors (Lipinski definition) is 3. The van der Waals surface area contributed by atoms with Gasteiger partial charge >= 0.3 is 0 Å². The highest BCUT2D eigenvalue weighted by atomic mass is 16.5. The molecule has 0 amide bonds. The third kappa shape index (κ3) is 2.88. The summed E-state index contributed by atoms with van der Waals surface area (Å²) in [5, 5.41) is 0. The predicted molar refractivity (Wildman–Crippen MR) is 67.2 cm³/mol. The van der Waals surface area contributed by atoms with E-state index in [1.807, 2.05) is 30.3 Å². The van der Waals surface area contributed by atoms with E-state index >= 15 is 0 Å². The van der Waals surface area contributed by atoms with Gasteiger partial charge in [-0.2, -0.15) is 0 Å².